The Labute approximate surface area is 110 Å². The van der Waals surface area contributed by atoms with Gasteiger partial charge in [-0.1, -0.05) is 13.8 Å². The number of likely N-dealkylation sites (tertiary alicyclic amines) is 1. The van der Waals surface area contributed by atoms with E-state index in [9.17, 15) is 0 Å². The molecule has 0 aromatic carbocycles. The molecule has 0 saturated carbocycles. The Morgan fingerprint density at radius 2 is 2.17 bits per heavy atom. The summed E-state index contributed by atoms with van der Waals surface area (Å²) in [5, 5.41) is 7.94. The minimum Gasteiger partial charge on any atom is -0.311 e. The molecule has 18 heavy (non-hydrogen) atoms. The Kier molecular flexibility index (Phi) is 4.40. The number of nitrogens with zero attached hydrogens (tertiary/aromatic N) is 3. The van der Waals surface area contributed by atoms with Gasteiger partial charge in [-0.15, -0.1) is 0 Å². The molecule has 2 rings (SSSR count). The first-order valence-corrected chi connectivity index (χ1v) is 7.05. The quantitative estimate of drug-likeness (QED) is 0.886. The van der Waals surface area contributed by atoms with E-state index in [1.54, 1.807) is 0 Å². The van der Waals surface area contributed by atoms with E-state index in [1.165, 1.54) is 24.9 Å². The molecule has 0 aliphatic carbocycles. The molecular weight excluding hydrogens is 224 g/mol. The summed E-state index contributed by atoms with van der Waals surface area (Å²) in [5.41, 5.74) is 1.32. The second-order valence-corrected chi connectivity index (χ2v) is 5.78. The number of aryl methyl sites for hydroxylation is 1. The van der Waals surface area contributed by atoms with Crippen molar-refractivity contribution < 1.29 is 0 Å². The van der Waals surface area contributed by atoms with E-state index in [-0.39, 0.29) is 0 Å². The molecule has 1 aromatic rings. The van der Waals surface area contributed by atoms with Crippen LogP contribution in [0.15, 0.2) is 12.4 Å². The van der Waals surface area contributed by atoms with Gasteiger partial charge in [0, 0.05) is 43.5 Å². The Morgan fingerprint density at radius 3 is 2.78 bits per heavy atom. The maximum absolute atomic E-state index is 4.27. The van der Waals surface area contributed by atoms with E-state index in [4.69, 9.17) is 0 Å². The summed E-state index contributed by atoms with van der Waals surface area (Å²) < 4.78 is 1.89. The van der Waals surface area contributed by atoms with E-state index >= 15 is 0 Å². The van der Waals surface area contributed by atoms with Gasteiger partial charge in [0.15, 0.2) is 0 Å². The van der Waals surface area contributed by atoms with Crippen molar-refractivity contribution in [1.82, 2.24) is 20.0 Å². The van der Waals surface area contributed by atoms with Crippen molar-refractivity contribution in [2.75, 3.05) is 13.1 Å². The minimum atomic E-state index is 0.468. The van der Waals surface area contributed by atoms with Crippen molar-refractivity contribution in [2.24, 2.45) is 7.05 Å². The maximum atomic E-state index is 4.27. The lowest BCUT2D eigenvalue weighted by Crippen LogP contribution is -2.48. The molecule has 2 atom stereocenters. The van der Waals surface area contributed by atoms with Crippen LogP contribution < -0.4 is 5.32 Å². The van der Waals surface area contributed by atoms with Crippen molar-refractivity contribution in [3.63, 3.8) is 0 Å². The highest BCUT2D eigenvalue weighted by atomic mass is 15.3. The van der Waals surface area contributed by atoms with Crippen molar-refractivity contribution >= 4 is 0 Å². The summed E-state index contributed by atoms with van der Waals surface area (Å²) in [5.74, 6) is 0. The highest BCUT2D eigenvalue weighted by Crippen LogP contribution is 2.23. The maximum Gasteiger partial charge on any atom is 0.0537 e. The molecule has 1 aromatic heterocycles. The molecule has 4 heteroatoms. The lowest BCUT2D eigenvalue weighted by Gasteiger charge is -2.37. The van der Waals surface area contributed by atoms with Crippen LogP contribution in [0.2, 0.25) is 0 Å². The third kappa shape index (κ3) is 3.33. The Morgan fingerprint density at radius 1 is 1.39 bits per heavy atom. The van der Waals surface area contributed by atoms with Crippen LogP contribution >= 0.6 is 0 Å². The molecule has 1 N–H and O–H groups in total. The monoisotopic (exact) mass is 250 g/mol. The topological polar surface area (TPSA) is 33.1 Å². The van der Waals surface area contributed by atoms with E-state index in [0.29, 0.717) is 18.1 Å². The van der Waals surface area contributed by atoms with Crippen LogP contribution in [0.1, 0.15) is 45.2 Å². The number of piperidine rings is 1. The highest BCUT2D eigenvalue weighted by Gasteiger charge is 2.24. The lowest BCUT2D eigenvalue weighted by atomic mass is 10.0. The molecule has 102 valence electrons. The van der Waals surface area contributed by atoms with Crippen LogP contribution in [0.25, 0.3) is 0 Å². The summed E-state index contributed by atoms with van der Waals surface area (Å²) in [4.78, 5) is 2.57. The number of hydrogen-bond donors (Lipinski definition) is 1. The third-order valence-corrected chi connectivity index (χ3v) is 3.78. The van der Waals surface area contributed by atoms with Gasteiger partial charge >= 0.3 is 0 Å². The molecular formula is C14H26N4. The van der Waals surface area contributed by atoms with Crippen LogP contribution in [-0.2, 0) is 7.05 Å². The van der Waals surface area contributed by atoms with Gasteiger partial charge in [0.1, 0.15) is 0 Å². The largest absolute Gasteiger partial charge is 0.311 e. The fraction of sp³-hybridized carbons (Fsp3) is 0.786. The Bertz CT molecular complexity index is 372. The van der Waals surface area contributed by atoms with Gasteiger partial charge < -0.3 is 5.32 Å². The van der Waals surface area contributed by atoms with E-state index in [1.807, 2.05) is 17.9 Å². The van der Waals surface area contributed by atoms with Crippen LogP contribution in [0.4, 0.5) is 0 Å². The molecule has 1 aliphatic rings. The first-order chi connectivity index (χ1) is 8.56. The van der Waals surface area contributed by atoms with Crippen LogP contribution in [-0.4, -0.2) is 39.9 Å². The van der Waals surface area contributed by atoms with E-state index in [2.05, 4.69) is 42.3 Å². The molecule has 1 saturated heterocycles. The second kappa shape index (κ2) is 5.85. The van der Waals surface area contributed by atoms with Gasteiger partial charge in [-0.05, 0) is 26.3 Å². The molecule has 2 heterocycles. The summed E-state index contributed by atoms with van der Waals surface area (Å²) in [7, 11) is 1.98. The fourth-order valence-electron chi connectivity index (χ4n) is 2.83. The number of hydrogen-bond acceptors (Lipinski definition) is 3. The molecule has 0 amide bonds. The molecule has 2 unspecified atom stereocenters. The van der Waals surface area contributed by atoms with Crippen molar-refractivity contribution in [3.8, 4) is 0 Å². The molecule has 1 aliphatic heterocycles. The SMILES string of the molecule is CC(C)NC1CCCN(C(C)c2cnn(C)c2)C1. The van der Waals surface area contributed by atoms with Gasteiger partial charge in [0.2, 0.25) is 0 Å². The standard InChI is InChI=1S/C14H26N4/c1-11(2)16-14-6-5-7-18(10-14)12(3)13-8-15-17(4)9-13/h8-9,11-12,14,16H,5-7,10H2,1-4H3. The average Bonchev–Trinajstić information content (AvgIpc) is 2.74. The Hall–Kier alpha value is -0.870. The smallest absolute Gasteiger partial charge is 0.0537 e. The molecule has 4 nitrogen and oxygen atoms in total. The minimum absolute atomic E-state index is 0.468. The zero-order chi connectivity index (χ0) is 13.1. The van der Waals surface area contributed by atoms with Gasteiger partial charge in [-0.2, -0.15) is 5.10 Å². The van der Waals surface area contributed by atoms with Crippen LogP contribution in [0.3, 0.4) is 0 Å². The zero-order valence-corrected chi connectivity index (χ0v) is 12.1. The predicted molar refractivity (Wildman–Crippen MR) is 74.5 cm³/mol. The zero-order valence-electron chi connectivity index (χ0n) is 12.1. The second-order valence-electron chi connectivity index (χ2n) is 5.78. The van der Waals surface area contributed by atoms with Gasteiger partial charge in [0.05, 0.1) is 6.20 Å². The normalized spacial score (nSPS) is 23.5. The first kappa shape index (κ1) is 13.6. The average molecular weight is 250 g/mol. The summed E-state index contributed by atoms with van der Waals surface area (Å²) >= 11 is 0. The van der Waals surface area contributed by atoms with Crippen molar-refractivity contribution in [1.29, 1.82) is 0 Å². The fourth-order valence-corrected chi connectivity index (χ4v) is 2.83. The number of aromatic nitrogens is 2. The summed E-state index contributed by atoms with van der Waals surface area (Å²) in [6, 6.07) is 1.68. The molecule has 0 radical (unpaired) electrons. The molecule has 1 fully saturated rings. The number of rotatable bonds is 4. The van der Waals surface area contributed by atoms with Gasteiger partial charge in [0.25, 0.3) is 0 Å². The molecule has 0 bridgehead atoms. The summed E-state index contributed by atoms with van der Waals surface area (Å²) in [6.45, 7) is 9.09. The molecule has 0 spiro atoms. The van der Waals surface area contributed by atoms with Crippen molar-refractivity contribution in [2.45, 2.75) is 51.7 Å². The lowest BCUT2D eigenvalue weighted by molar-refractivity contribution is 0.142. The van der Waals surface area contributed by atoms with Gasteiger partial charge in [-0.3, -0.25) is 9.58 Å². The van der Waals surface area contributed by atoms with E-state index in [0.717, 1.165) is 6.54 Å². The Balaban J connectivity index is 1.95. The highest BCUT2D eigenvalue weighted by molar-refractivity contribution is 5.09. The van der Waals surface area contributed by atoms with E-state index < -0.39 is 0 Å². The number of nitrogens with one attached hydrogen (secondary N) is 1. The summed E-state index contributed by atoms with van der Waals surface area (Å²) in [6.07, 6.45) is 6.71. The van der Waals surface area contributed by atoms with Crippen LogP contribution in [0, 0.1) is 0 Å². The van der Waals surface area contributed by atoms with Crippen molar-refractivity contribution in [3.05, 3.63) is 18.0 Å². The predicted octanol–water partition coefficient (Wildman–Crippen LogP) is 1.94. The third-order valence-electron chi connectivity index (χ3n) is 3.78. The van der Waals surface area contributed by atoms with Crippen LogP contribution in [0.5, 0.6) is 0 Å². The van der Waals surface area contributed by atoms with Gasteiger partial charge in [-0.25, -0.2) is 0 Å². The first-order valence-electron chi connectivity index (χ1n) is 7.05.